The molecule has 0 bridgehead atoms. The molecule has 1 aliphatic rings. The molecule has 1 aliphatic carbocycles. The lowest BCUT2D eigenvalue weighted by Gasteiger charge is -2.16. The van der Waals surface area contributed by atoms with Gasteiger partial charge in [0.05, 0.1) is 61.9 Å². The Bertz CT molecular complexity index is 6240. The van der Waals surface area contributed by atoms with Crippen LogP contribution in [0.1, 0.15) is 174 Å². The number of nitrogens with one attached hydrogen (secondary N) is 6. The topological polar surface area (TPSA) is 201 Å². The number of anilines is 6. The van der Waals surface area contributed by atoms with E-state index < -0.39 is 18.2 Å². The number of aryl methyl sites for hydroxylation is 12. The van der Waals surface area contributed by atoms with Gasteiger partial charge in [0, 0.05) is 73.1 Å². The van der Waals surface area contributed by atoms with Crippen molar-refractivity contribution in [2.75, 3.05) is 88.3 Å². The standard InChI is InChI=1S/C20H23NO2S.C20H25NO2S.C19H23NO3S.C18H18F3NO2S.C18H19F2NO2S.C18H21NO3S/c1-13-4-9-19(14(2)10-13)23-12-17-11-16(15-5-6-15)7-8-18(17)21-20(24)22-3;1-13(2)16-7-8-17(18(11-16)21-20(24)22-5)12-23-19-9-6-14(3)10-15(19)4;1-5-22-16-7-8-17(20-19(24)21-4)15(11-16)12-23-18-9-6-13(2)10-14(18)3;1-11-4-7-16(12(2)8-11)24-10-13-9-14(18(19,20)21)5-6-15(13)22-17(25)23-3;1-11-4-7-16(12(2)8-11)23-10-14-9-13(17(19)20)5-6-15(14)21-18(24)22-3;1-12-5-8-17(13(2)9-12)22-11-14-10-15(20-3)6-7-16(14)19-18(23)21-4/h4,7-11,15H,5-6,12H2,1-3H3,(H,21,24);6-11,13H,12H2,1-5H3,(H,21,24);6-11H,5,12H2,1-4H3,(H,20,24);4-9H,10H2,1-3H3,(H,22,25);4-9,17H,10H2,1-3H3,(H,21,24);5-10H,11H2,1-4H3,(H,19,23). The molecule has 144 heavy (non-hydrogen) atoms. The molecular weight excluding hydrogens is 1950 g/mol. The largest absolute Gasteiger partial charge is 0.497 e. The Balaban J connectivity index is 0.000000211. The second-order valence-electron chi connectivity index (χ2n) is 34.2. The fraction of sp³-hybridized carbons (Fsp3) is 0.310. The zero-order chi connectivity index (χ0) is 105. The van der Waals surface area contributed by atoms with Crippen LogP contribution in [0.2, 0.25) is 0 Å². The molecule has 0 atom stereocenters. The maximum absolute atomic E-state index is 13.0. The quantitative estimate of drug-likeness (QED) is 0.0183. The van der Waals surface area contributed by atoms with E-state index in [0.29, 0.717) is 99.6 Å². The molecule has 0 radical (unpaired) electrons. The normalized spacial score (nSPS) is 11.0. The van der Waals surface area contributed by atoms with Crippen LogP contribution < -0.4 is 69.8 Å². The van der Waals surface area contributed by atoms with Crippen molar-refractivity contribution < 1.29 is 88.3 Å². The van der Waals surface area contributed by atoms with Gasteiger partial charge in [-0.15, -0.1) is 0 Å². The average molecular weight is 2080 g/mol. The second-order valence-corrected chi connectivity index (χ2v) is 36.4. The van der Waals surface area contributed by atoms with Crippen molar-refractivity contribution in [2.24, 2.45) is 0 Å². The van der Waals surface area contributed by atoms with Gasteiger partial charge in [-0.25, -0.2) is 8.78 Å². The average Bonchev–Trinajstić information content (AvgIpc) is 1.29. The molecule has 0 unspecified atom stereocenters. The molecular formula is C113H129F5N6O14S6. The molecule has 0 amide bonds. The smallest absolute Gasteiger partial charge is 0.416 e. The van der Waals surface area contributed by atoms with Crippen LogP contribution >= 0.6 is 73.3 Å². The van der Waals surface area contributed by atoms with Gasteiger partial charge in [-0.2, -0.15) is 13.2 Å². The number of rotatable bonds is 30. The minimum Gasteiger partial charge on any atom is -0.497 e. The molecule has 13 rings (SSSR count). The van der Waals surface area contributed by atoms with Gasteiger partial charge in [-0.05, 0) is 348 Å². The van der Waals surface area contributed by atoms with E-state index in [0.717, 1.165) is 136 Å². The molecule has 6 N–H and O–H groups in total. The Labute approximate surface area is 876 Å². The summed E-state index contributed by atoms with van der Waals surface area (Å²) in [6.07, 6.45) is -4.43. The van der Waals surface area contributed by atoms with Gasteiger partial charge in [0.15, 0.2) is 0 Å². The molecule has 20 nitrogen and oxygen atoms in total. The third-order valence-corrected chi connectivity index (χ3v) is 23.9. The predicted molar refractivity (Wildman–Crippen MR) is 593 cm³/mol. The number of alkyl halides is 5. The number of methoxy groups -OCH3 is 7. The summed E-state index contributed by atoms with van der Waals surface area (Å²) in [5, 5.41) is 19.6. The summed E-state index contributed by atoms with van der Waals surface area (Å²) >= 11 is 30.3. The number of ether oxygens (including phenoxy) is 14. The molecule has 0 heterocycles. The van der Waals surface area contributed by atoms with Crippen LogP contribution in [-0.2, 0) is 74.2 Å². The molecule has 0 spiro atoms. The maximum Gasteiger partial charge on any atom is 0.416 e. The minimum atomic E-state index is -4.44. The summed E-state index contributed by atoms with van der Waals surface area (Å²) in [4.78, 5) is 0. The van der Waals surface area contributed by atoms with Gasteiger partial charge in [-0.1, -0.05) is 150 Å². The molecule has 0 saturated heterocycles. The van der Waals surface area contributed by atoms with Crippen molar-refractivity contribution >= 4 is 138 Å². The molecule has 766 valence electrons. The van der Waals surface area contributed by atoms with Crippen LogP contribution in [0, 0.1) is 83.1 Å². The zero-order valence-electron chi connectivity index (χ0n) is 85.4. The summed E-state index contributed by atoms with van der Waals surface area (Å²) in [5.41, 5.74) is 24.8. The highest BCUT2D eigenvalue weighted by atomic mass is 32.1. The van der Waals surface area contributed by atoms with Crippen LogP contribution in [0.15, 0.2) is 218 Å². The van der Waals surface area contributed by atoms with Gasteiger partial charge in [0.1, 0.15) is 85.6 Å². The number of hydrogen-bond acceptors (Lipinski definition) is 20. The van der Waals surface area contributed by atoms with Crippen LogP contribution in [0.3, 0.4) is 0 Å². The summed E-state index contributed by atoms with van der Waals surface area (Å²) < 4.78 is 141. The maximum atomic E-state index is 13.0. The van der Waals surface area contributed by atoms with Crippen molar-refractivity contribution in [1.82, 2.24) is 0 Å². The molecule has 1 saturated carbocycles. The Morgan fingerprint density at radius 1 is 0.299 bits per heavy atom. The SMILES string of the molecule is CCOc1ccc(NC(=S)OC)c(COc2ccc(C)cc2C)c1.COC(=S)Nc1cc(C(C)C)ccc1COc1ccc(C)cc1C.COC(=S)Nc1ccc(C(F)(F)F)cc1COc1ccc(C)cc1C.COC(=S)Nc1ccc(C(F)F)cc1COc1ccc(C)cc1C.COC(=S)Nc1ccc(C2CC2)cc1COc1ccc(C)cc1C.COC(=S)Nc1ccc(OC)cc1COc1ccc(C)cc1C. The first-order valence-corrected chi connectivity index (χ1v) is 48.7. The fourth-order valence-corrected chi connectivity index (χ4v) is 15.1. The molecule has 31 heteroatoms. The highest BCUT2D eigenvalue weighted by Gasteiger charge is 2.32. The van der Waals surface area contributed by atoms with Gasteiger partial charge in [0.25, 0.3) is 37.5 Å². The van der Waals surface area contributed by atoms with Crippen molar-refractivity contribution in [1.29, 1.82) is 0 Å². The number of benzene rings is 12. The van der Waals surface area contributed by atoms with E-state index in [1.807, 2.05) is 152 Å². The lowest BCUT2D eigenvalue weighted by Crippen LogP contribution is -2.14. The zero-order valence-corrected chi connectivity index (χ0v) is 90.3. The monoisotopic (exact) mass is 2080 g/mol. The van der Waals surface area contributed by atoms with E-state index >= 15 is 0 Å². The van der Waals surface area contributed by atoms with Gasteiger partial charge in [-0.3, -0.25) is 0 Å². The van der Waals surface area contributed by atoms with E-state index in [1.165, 1.54) is 92.9 Å². The molecule has 12 aromatic carbocycles. The highest BCUT2D eigenvalue weighted by molar-refractivity contribution is 7.81. The molecule has 12 aromatic rings. The van der Waals surface area contributed by atoms with Gasteiger partial charge in [0.2, 0.25) is 0 Å². The van der Waals surface area contributed by atoms with E-state index in [2.05, 4.69) is 160 Å². The van der Waals surface area contributed by atoms with E-state index in [4.69, 9.17) is 140 Å². The van der Waals surface area contributed by atoms with Crippen molar-refractivity contribution in [3.05, 3.63) is 341 Å². The predicted octanol–water partition coefficient (Wildman–Crippen LogP) is 29.7. The Hall–Kier alpha value is -13.2. The van der Waals surface area contributed by atoms with Gasteiger partial charge < -0.3 is 98.2 Å². The first-order chi connectivity index (χ1) is 68.6. The van der Waals surface area contributed by atoms with Gasteiger partial charge >= 0.3 is 6.18 Å². The third-order valence-electron chi connectivity index (χ3n) is 22.3. The molecule has 0 aromatic heterocycles. The summed E-state index contributed by atoms with van der Waals surface area (Å²) in [5.74, 6) is 7.56. The number of halogens is 5. The van der Waals surface area contributed by atoms with Crippen LogP contribution in [0.4, 0.5) is 56.1 Å². The first kappa shape index (κ1) is 116. The fourth-order valence-electron chi connectivity index (χ4n) is 14.4. The van der Waals surface area contributed by atoms with E-state index in [9.17, 15) is 22.0 Å². The highest BCUT2D eigenvalue weighted by Crippen LogP contribution is 2.42. The third kappa shape index (κ3) is 38.2. The first-order valence-electron chi connectivity index (χ1n) is 46.2. The summed E-state index contributed by atoms with van der Waals surface area (Å²) in [7, 11) is 10.7. The Morgan fingerprint density at radius 2 is 0.576 bits per heavy atom. The summed E-state index contributed by atoms with van der Waals surface area (Å²) in [6.45, 7) is 33.0. The lowest BCUT2D eigenvalue weighted by molar-refractivity contribution is -0.137. The van der Waals surface area contributed by atoms with Crippen molar-refractivity contribution in [2.45, 2.75) is 181 Å². The van der Waals surface area contributed by atoms with Crippen molar-refractivity contribution in [3.8, 4) is 46.0 Å². The Morgan fingerprint density at radius 3 is 0.875 bits per heavy atom. The van der Waals surface area contributed by atoms with Crippen LogP contribution in [0.25, 0.3) is 0 Å². The lowest BCUT2D eigenvalue weighted by atomic mass is 10.0. The van der Waals surface area contributed by atoms with Crippen LogP contribution in [0.5, 0.6) is 46.0 Å². The Kier molecular flexibility index (Phi) is 46.7. The van der Waals surface area contributed by atoms with E-state index in [1.54, 1.807) is 33.5 Å². The van der Waals surface area contributed by atoms with E-state index in [-0.39, 0.29) is 29.1 Å². The molecule has 1 fully saturated rings. The second kappa shape index (κ2) is 58.0. The van der Waals surface area contributed by atoms with Crippen molar-refractivity contribution in [3.63, 3.8) is 0 Å². The molecule has 0 aliphatic heterocycles. The number of thiocarbonyl (C=S) groups is 6. The minimum absolute atomic E-state index is 0.0392. The van der Waals surface area contributed by atoms with Crippen LogP contribution in [-0.4, -0.2) is 87.4 Å². The number of hydrogen-bond donors (Lipinski definition) is 6. The summed E-state index contributed by atoms with van der Waals surface area (Å²) in [6, 6.07) is 68.0.